The summed E-state index contributed by atoms with van der Waals surface area (Å²) < 4.78 is 0. The van der Waals surface area contributed by atoms with Crippen LogP contribution in [0, 0.1) is 10.1 Å². The minimum Gasteiger partial charge on any atom is -0.507 e. The summed E-state index contributed by atoms with van der Waals surface area (Å²) in [6.45, 7) is 2.05. The molecular formula is C20H20N4O4. The van der Waals surface area contributed by atoms with Crippen LogP contribution < -0.4 is 10.3 Å². The van der Waals surface area contributed by atoms with E-state index in [1.165, 1.54) is 41.7 Å². The molecule has 2 aliphatic rings. The lowest BCUT2D eigenvalue weighted by Crippen LogP contribution is -2.34. The molecule has 2 heterocycles. The monoisotopic (exact) mass is 380 g/mol. The van der Waals surface area contributed by atoms with Crippen LogP contribution in [0.4, 0.5) is 11.4 Å². The highest BCUT2D eigenvalue weighted by molar-refractivity contribution is 5.95. The predicted octanol–water partition coefficient (Wildman–Crippen LogP) is 2.76. The summed E-state index contributed by atoms with van der Waals surface area (Å²) in [5, 5.41) is 25.3. The second-order valence-corrected chi connectivity index (χ2v) is 7.00. The van der Waals surface area contributed by atoms with Gasteiger partial charge < -0.3 is 10.0 Å². The van der Waals surface area contributed by atoms with Crippen molar-refractivity contribution in [3.05, 3.63) is 62.7 Å². The lowest BCUT2D eigenvalue weighted by molar-refractivity contribution is -0.384. The third-order valence-corrected chi connectivity index (χ3v) is 5.23. The van der Waals surface area contributed by atoms with Crippen LogP contribution in [0.1, 0.15) is 39.9 Å². The van der Waals surface area contributed by atoms with Gasteiger partial charge in [0.1, 0.15) is 5.75 Å². The first-order valence-corrected chi connectivity index (χ1v) is 9.25. The Bertz CT molecular complexity index is 967. The number of nitrogens with zero attached hydrogens (tertiary/aromatic N) is 3. The summed E-state index contributed by atoms with van der Waals surface area (Å²) in [7, 11) is 0. The number of hydrogen-bond acceptors (Lipinski definition) is 6. The minimum absolute atomic E-state index is 0.0814. The summed E-state index contributed by atoms with van der Waals surface area (Å²) in [5.74, 6) is -0.255. The Hall–Kier alpha value is -3.42. The number of hydrogen-bond donors (Lipinski definition) is 2. The second-order valence-electron chi connectivity index (χ2n) is 7.00. The number of carbonyl (C=O) groups is 1. The highest BCUT2D eigenvalue weighted by Gasteiger charge is 2.27. The summed E-state index contributed by atoms with van der Waals surface area (Å²) in [6, 6.07) is 7.22. The molecule has 0 spiro atoms. The molecule has 28 heavy (non-hydrogen) atoms. The van der Waals surface area contributed by atoms with Gasteiger partial charge in [0, 0.05) is 47.6 Å². The van der Waals surface area contributed by atoms with Gasteiger partial charge in [-0.25, -0.2) is 5.43 Å². The first-order valence-electron chi connectivity index (χ1n) is 9.25. The van der Waals surface area contributed by atoms with E-state index in [1.54, 1.807) is 0 Å². The number of phenolic OH excluding ortho intramolecular Hbond substituents is 1. The van der Waals surface area contributed by atoms with E-state index in [9.17, 15) is 20.0 Å². The van der Waals surface area contributed by atoms with Crippen molar-refractivity contribution in [2.24, 2.45) is 5.10 Å². The van der Waals surface area contributed by atoms with E-state index in [-0.39, 0.29) is 17.0 Å². The van der Waals surface area contributed by atoms with E-state index >= 15 is 0 Å². The predicted molar refractivity (Wildman–Crippen MR) is 105 cm³/mol. The van der Waals surface area contributed by atoms with Gasteiger partial charge in [-0.05, 0) is 49.4 Å². The number of nitro groups is 1. The van der Waals surface area contributed by atoms with Crippen molar-refractivity contribution >= 4 is 23.5 Å². The van der Waals surface area contributed by atoms with Gasteiger partial charge in [-0.2, -0.15) is 5.10 Å². The number of nitro benzene ring substituents is 1. The van der Waals surface area contributed by atoms with Crippen LogP contribution in [0.3, 0.4) is 0 Å². The Kier molecular flexibility index (Phi) is 4.68. The zero-order valence-corrected chi connectivity index (χ0v) is 15.2. The third-order valence-electron chi connectivity index (χ3n) is 5.23. The molecule has 144 valence electrons. The highest BCUT2D eigenvalue weighted by Crippen LogP contribution is 2.41. The number of rotatable bonds is 4. The van der Waals surface area contributed by atoms with Crippen molar-refractivity contribution in [3.8, 4) is 5.75 Å². The number of non-ortho nitro benzene ring substituents is 1. The normalized spacial score (nSPS) is 15.4. The maximum Gasteiger partial charge on any atom is 0.271 e. The number of amides is 1. The molecule has 0 saturated carbocycles. The Morgan fingerprint density at radius 3 is 2.64 bits per heavy atom. The number of carbonyl (C=O) groups excluding carboxylic acids is 1. The maximum absolute atomic E-state index is 12.1. The number of benzene rings is 2. The summed E-state index contributed by atoms with van der Waals surface area (Å²) >= 11 is 0. The lowest BCUT2D eigenvalue weighted by Gasteiger charge is -2.37. The minimum atomic E-state index is -0.522. The van der Waals surface area contributed by atoms with E-state index in [0.29, 0.717) is 5.56 Å². The molecule has 2 aromatic carbocycles. The number of aryl methyl sites for hydroxylation is 1. The number of anilines is 1. The molecule has 8 heteroatoms. The topological polar surface area (TPSA) is 108 Å². The standard InChI is InChI=1S/C20H20N4O4/c25-19-15(11-14-3-1-9-23-10-2-4-17(19)18(14)23)12-21-22-20(26)13-5-7-16(8-6-13)24(27)28/h5-8,11-12,25H,1-4,9-10H2,(H,22,26)/b21-12+. The van der Waals surface area contributed by atoms with Gasteiger partial charge in [-0.15, -0.1) is 0 Å². The molecule has 4 rings (SSSR count). The lowest BCUT2D eigenvalue weighted by atomic mass is 9.89. The molecule has 0 saturated heterocycles. The van der Waals surface area contributed by atoms with Gasteiger partial charge in [0.15, 0.2) is 0 Å². The van der Waals surface area contributed by atoms with E-state index < -0.39 is 10.8 Å². The summed E-state index contributed by atoms with van der Waals surface area (Å²) in [4.78, 5) is 24.6. The Balaban J connectivity index is 1.52. The fourth-order valence-corrected chi connectivity index (χ4v) is 3.93. The fraction of sp³-hybridized carbons (Fsp3) is 0.300. The molecule has 0 aliphatic carbocycles. The van der Waals surface area contributed by atoms with Crippen molar-refractivity contribution in [1.29, 1.82) is 0 Å². The third kappa shape index (κ3) is 3.28. The van der Waals surface area contributed by atoms with Crippen molar-refractivity contribution in [2.75, 3.05) is 18.0 Å². The van der Waals surface area contributed by atoms with E-state index in [2.05, 4.69) is 15.4 Å². The van der Waals surface area contributed by atoms with Gasteiger partial charge >= 0.3 is 0 Å². The molecule has 2 aromatic rings. The largest absolute Gasteiger partial charge is 0.507 e. The molecular weight excluding hydrogens is 360 g/mol. The van der Waals surface area contributed by atoms with Crippen molar-refractivity contribution in [1.82, 2.24) is 5.43 Å². The van der Waals surface area contributed by atoms with Crippen LogP contribution >= 0.6 is 0 Å². The van der Waals surface area contributed by atoms with Gasteiger partial charge in [-0.3, -0.25) is 14.9 Å². The van der Waals surface area contributed by atoms with Crippen molar-refractivity contribution in [3.63, 3.8) is 0 Å². The van der Waals surface area contributed by atoms with Gasteiger partial charge in [0.2, 0.25) is 0 Å². The van der Waals surface area contributed by atoms with E-state index in [4.69, 9.17) is 0 Å². The Morgan fingerprint density at radius 1 is 1.21 bits per heavy atom. The van der Waals surface area contributed by atoms with Crippen molar-refractivity contribution in [2.45, 2.75) is 25.7 Å². The van der Waals surface area contributed by atoms with Gasteiger partial charge in [0.05, 0.1) is 11.1 Å². The molecule has 2 aliphatic heterocycles. The number of phenols is 1. The highest BCUT2D eigenvalue weighted by atomic mass is 16.6. The molecule has 0 bridgehead atoms. The molecule has 0 unspecified atom stereocenters. The first kappa shape index (κ1) is 18.0. The molecule has 8 nitrogen and oxygen atoms in total. The van der Waals surface area contributed by atoms with Gasteiger partial charge in [-0.1, -0.05) is 0 Å². The summed E-state index contributed by atoms with van der Waals surface area (Å²) in [5.41, 5.74) is 6.52. The van der Waals surface area contributed by atoms with E-state index in [0.717, 1.165) is 44.3 Å². The SMILES string of the molecule is O=C(N/N=C/c1cc2c3c(c1O)CCCN3CCC2)c1ccc([N+](=O)[O-])cc1. The first-order chi connectivity index (χ1) is 13.5. The van der Waals surface area contributed by atoms with Crippen LogP contribution in [0.5, 0.6) is 5.75 Å². The number of hydrazone groups is 1. The average molecular weight is 380 g/mol. The average Bonchev–Trinajstić information content (AvgIpc) is 2.71. The van der Waals surface area contributed by atoms with Crippen LogP contribution in [0.25, 0.3) is 0 Å². The smallest absolute Gasteiger partial charge is 0.271 e. The Labute approximate surface area is 161 Å². The molecule has 0 fully saturated rings. The van der Waals surface area contributed by atoms with E-state index in [1.807, 2.05) is 6.07 Å². The second kappa shape index (κ2) is 7.30. The van der Waals surface area contributed by atoms with Crippen LogP contribution in [-0.2, 0) is 12.8 Å². The van der Waals surface area contributed by atoms with Gasteiger partial charge in [0.25, 0.3) is 11.6 Å². The number of nitrogens with one attached hydrogen (secondary N) is 1. The van der Waals surface area contributed by atoms with Crippen LogP contribution in [-0.4, -0.2) is 35.2 Å². The molecule has 0 aromatic heterocycles. The zero-order chi connectivity index (χ0) is 19.7. The fourth-order valence-electron chi connectivity index (χ4n) is 3.93. The molecule has 2 N–H and O–H groups in total. The Morgan fingerprint density at radius 2 is 1.93 bits per heavy atom. The molecule has 0 atom stereocenters. The molecule has 1 amide bonds. The summed E-state index contributed by atoms with van der Waals surface area (Å²) in [6.07, 6.45) is 5.35. The van der Waals surface area contributed by atoms with Crippen LogP contribution in [0.15, 0.2) is 35.4 Å². The number of aromatic hydroxyl groups is 1. The van der Waals surface area contributed by atoms with Crippen molar-refractivity contribution < 1.29 is 14.8 Å². The van der Waals surface area contributed by atoms with Crippen LogP contribution in [0.2, 0.25) is 0 Å². The maximum atomic E-state index is 12.1. The quantitative estimate of drug-likeness (QED) is 0.482. The molecule has 0 radical (unpaired) electrons. The zero-order valence-electron chi connectivity index (χ0n) is 15.2.